The molecule has 1 rings (SSSR count). The van der Waals surface area contributed by atoms with E-state index in [0.29, 0.717) is 12.1 Å². The molecule has 0 unspecified atom stereocenters. The van der Waals surface area contributed by atoms with Crippen LogP contribution in [0.5, 0.6) is 0 Å². The summed E-state index contributed by atoms with van der Waals surface area (Å²) in [5.41, 5.74) is 0.498. The van der Waals surface area contributed by atoms with E-state index >= 15 is 0 Å². The number of rotatable bonds is 5. The fourth-order valence-electron chi connectivity index (χ4n) is 1.24. The van der Waals surface area contributed by atoms with Crippen LogP contribution in [0.3, 0.4) is 0 Å². The molecule has 90 valence electrons. The van der Waals surface area contributed by atoms with Gasteiger partial charge < -0.3 is 5.32 Å². The molecular formula is C12H17F2NS. The maximum Gasteiger partial charge on any atom is 0.130 e. The molecule has 0 spiro atoms. The van der Waals surface area contributed by atoms with Crippen molar-refractivity contribution >= 4 is 11.8 Å². The van der Waals surface area contributed by atoms with Gasteiger partial charge in [-0.2, -0.15) is 11.8 Å². The van der Waals surface area contributed by atoms with Crippen LogP contribution in [0.1, 0.15) is 19.4 Å². The summed E-state index contributed by atoms with van der Waals surface area (Å²) in [4.78, 5) is 0. The van der Waals surface area contributed by atoms with Gasteiger partial charge in [-0.15, -0.1) is 0 Å². The molecule has 4 heteroatoms. The third kappa shape index (κ3) is 4.10. The van der Waals surface area contributed by atoms with Crippen LogP contribution in [0.2, 0.25) is 0 Å². The maximum absolute atomic E-state index is 13.3. The molecule has 0 fully saturated rings. The van der Waals surface area contributed by atoms with E-state index in [1.165, 1.54) is 12.1 Å². The minimum absolute atomic E-state index is 0.122. The summed E-state index contributed by atoms with van der Waals surface area (Å²) in [6, 6.07) is 3.67. The normalized spacial score (nSPS) is 11.8. The second-order valence-electron chi connectivity index (χ2n) is 4.30. The number of halogens is 2. The van der Waals surface area contributed by atoms with Crippen molar-refractivity contribution in [3.05, 3.63) is 35.4 Å². The highest BCUT2D eigenvalue weighted by atomic mass is 32.2. The largest absolute Gasteiger partial charge is 0.311 e. The van der Waals surface area contributed by atoms with Crippen LogP contribution in [0.15, 0.2) is 18.2 Å². The van der Waals surface area contributed by atoms with Crippen LogP contribution in [-0.4, -0.2) is 17.5 Å². The van der Waals surface area contributed by atoms with Gasteiger partial charge in [-0.3, -0.25) is 0 Å². The van der Waals surface area contributed by atoms with Gasteiger partial charge in [-0.05, 0) is 26.2 Å². The van der Waals surface area contributed by atoms with Gasteiger partial charge in [0.05, 0.1) is 0 Å². The SMILES string of the molecule is CSC(C)(C)CNCc1ccc(F)cc1F. The third-order valence-electron chi connectivity index (χ3n) is 2.43. The lowest BCUT2D eigenvalue weighted by Crippen LogP contribution is -2.31. The molecule has 0 aliphatic rings. The Labute approximate surface area is 99.6 Å². The van der Waals surface area contributed by atoms with E-state index in [0.717, 1.165) is 12.6 Å². The van der Waals surface area contributed by atoms with Gasteiger partial charge in [0.2, 0.25) is 0 Å². The lowest BCUT2D eigenvalue weighted by molar-refractivity contribution is 0.545. The molecule has 0 aliphatic heterocycles. The van der Waals surface area contributed by atoms with Gasteiger partial charge in [0.1, 0.15) is 11.6 Å². The molecule has 1 N–H and O–H groups in total. The standard InChI is InChI=1S/C12H17F2NS/c1-12(2,16-3)8-15-7-9-4-5-10(13)6-11(9)14/h4-6,15H,7-8H2,1-3H3. The monoisotopic (exact) mass is 245 g/mol. The fraction of sp³-hybridized carbons (Fsp3) is 0.500. The van der Waals surface area contributed by atoms with Crippen LogP contribution >= 0.6 is 11.8 Å². The number of hydrogen-bond donors (Lipinski definition) is 1. The second kappa shape index (κ2) is 5.64. The highest BCUT2D eigenvalue weighted by Gasteiger charge is 2.15. The molecule has 0 aliphatic carbocycles. The van der Waals surface area contributed by atoms with E-state index in [2.05, 4.69) is 19.2 Å². The zero-order valence-electron chi connectivity index (χ0n) is 9.81. The summed E-state index contributed by atoms with van der Waals surface area (Å²) in [7, 11) is 0. The molecular weight excluding hydrogens is 228 g/mol. The maximum atomic E-state index is 13.3. The number of benzene rings is 1. The first-order valence-electron chi connectivity index (χ1n) is 5.14. The average molecular weight is 245 g/mol. The third-order valence-corrected chi connectivity index (χ3v) is 3.68. The second-order valence-corrected chi connectivity index (χ2v) is 5.82. The summed E-state index contributed by atoms with van der Waals surface area (Å²) in [6.07, 6.45) is 2.04. The highest BCUT2D eigenvalue weighted by molar-refractivity contribution is 7.99. The molecule has 0 saturated carbocycles. The Hall–Kier alpha value is -0.610. The predicted octanol–water partition coefficient (Wildman–Crippen LogP) is 3.20. The lowest BCUT2D eigenvalue weighted by atomic mass is 10.2. The molecule has 1 aromatic carbocycles. The zero-order valence-corrected chi connectivity index (χ0v) is 10.6. The first-order valence-corrected chi connectivity index (χ1v) is 6.37. The van der Waals surface area contributed by atoms with Crippen molar-refractivity contribution in [2.24, 2.45) is 0 Å². The number of nitrogens with one attached hydrogen (secondary N) is 1. The van der Waals surface area contributed by atoms with Gasteiger partial charge >= 0.3 is 0 Å². The Bertz CT molecular complexity index is 353. The predicted molar refractivity (Wildman–Crippen MR) is 65.7 cm³/mol. The van der Waals surface area contributed by atoms with Crippen molar-refractivity contribution in [3.8, 4) is 0 Å². The average Bonchev–Trinajstić information content (AvgIpc) is 2.21. The van der Waals surface area contributed by atoms with E-state index < -0.39 is 11.6 Å². The van der Waals surface area contributed by atoms with Crippen LogP contribution in [-0.2, 0) is 6.54 Å². The van der Waals surface area contributed by atoms with Gasteiger partial charge in [0.15, 0.2) is 0 Å². The first kappa shape index (κ1) is 13.5. The molecule has 16 heavy (non-hydrogen) atoms. The summed E-state index contributed by atoms with van der Waals surface area (Å²) < 4.78 is 26.0. The summed E-state index contributed by atoms with van der Waals surface area (Å²) in [5, 5.41) is 3.17. The Morgan fingerprint density at radius 3 is 2.56 bits per heavy atom. The van der Waals surface area contributed by atoms with Crippen molar-refractivity contribution in [2.75, 3.05) is 12.8 Å². The molecule has 1 nitrogen and oxygen atoms in total. The molecule has 0 atom stereocenters. The van der Waals surface area contributed by atoms with Crippen LogP contribution < -0.4 is 5.32 Å². The number of thioether (sulfide) groups is 1. The summed E-state index contributed by atoms with van der Waals surface area (Å²) in [5.74, 6) is -1.03. The smallest absolute Gasteiger partial charge is 0.130 e. The number of hydrogen-bond acceptors (Lipinski definition) is 2. The van der Waals surface area contributed by atoms with Gasteiger partial charge in [-0.25, -0.2) is 8.78 Å². The van der Waals surface area contributed by atoms with Crippen molar-refractivity contribution in [3.63, 3.8) is 0 Å². The Balaban J connectivity index is 2.49. The van der Waals surface area contributed by atoms with E-state index in [1.807, 2.05) is 6.26 Å². The Kier molecular flexibility index (Phi) is 4.74. The fourth-order valence-corrected chi connectivity index (χ4v) is 1.48. The van der Waals surface area contributed by atoms with Gasteiger partial charge in [0, 0.05) is 29.5 Å². The van der Waals surface area contributed by atoms with Crippen molar-refractivity contribution < 1.29 is 8.78 Å². The van der Waals surface area contributed by atoms with Gasteiger partial charge in [-0.1, -0.05) is 6.07 Å². The molecule has 0 radical (unpaired) electrons. The van der Waals surface area contributed by atoms with E-state index in [-0.39, 0.29) is 4.75 Å². The van der Waals surface area contributed by atoms with Crippen LogP contribution in [0.25, 0.3) is 0 Å². The lowest BCUT2D eigenvalue weighted by Gasteiger charge is -2.22. The molecule has 0 aromatic heterocycles. The van der Waals surface area contributed by atoms with Crippen LogP contribution in [0, 0.1) is 11.6 Å². The molecule has 0 heterocycles. The van der Waals surface area contributed by atoms with E-state index in [4.69, 9.17) is 0 Å². The van der Waals surface area contributed by atoms with Crippen molar-refractivity contribution in [1.29, 1.82) is 0 Å². The van der Waals surface area contributed by atoms with Crippen LogP contribution in [0.4, 0.5) is 8.78 Å². The summed E-state index contributed by atoms with van der Waals surface area (Å²) >= 11 is 1.75. The van der Waals surface area contributed by atoms with E-state index in [1.54, 1.807) is 11.8 Å². The zero-order chi connectivity index (χ0) is 12.2. The topological polar surface area (TPSA) is 12.0 Å². The molecule has 0 bridgehead atoms. The van der Waals surface area contributed by atoms with Gasteiger partial charge in [0.25, 0.3) is 0 Å². The minimum Gasteiger partial charge on any atom is -0.311 e. The highest BCUT2D eigenvalue weighted by Crippen LogP contribution is 2.19. The first-order chi connectivity index (χ1) is 7.44. The Morgan fingerprint density at radius 2 is 2.00 bits per heavy atom. The quantitative estimate of drug-likeness (QED) is 0.855. The molecule has 1 aromatic rings. The molecule has 0 amide bonds. The summed E-state index contributed by atoms with van der Waals surface area (Å²) in [6.45, 7) is 5.44. The van der Waals surface area contributed by atoms with Crippen molar-refractivity contribution in [1.82, 2.24) is 5.32 Å². The van der Waals surface area contributed by atoms with E-state index in [9.17, 15) is 8.78 Å². The Morgan fingerprint density at radius 1 is 1.31 bits per heavy atom. The molecule has 0 saturated heterocycles. The van der Waals surface area contributed by atoms with Crippen molar-refractivity contribution in [2.45, 2.75) is 25.1 Å². The minimum atomic E-state index is -0.536.